The van der Waals surface area contributed by atoms with Crippen LogP contribution in [0.3, 0.4) is 0 Å². The number of hydrogen-bond donors (Lipinski definition) is 0. The van der Waals surface area contributed by atoms with Crippen molar-refractivity contribution in [2.45, 2.75) is 51.7 Å². The maximum atomic E-state index is 12.5. The Morgan fingerprint density at radius 2 is 1.70 bits per heavy atom. The van der Waals surface area contributed by atoms with Crippen molar-refractivity contribution in [1.82, 2.24) is 14.7 Å². The first-order valence-electron chi connectivity index (χ1n) is 12.7. The number of nitrogens with zero attached hydrogens (tertiary/aromatic N) is 5. The summed E-state index contributed by atoms with van der Waals surface area (Å²) in [5.74, 6) is 2.41. The smallest absolute Gasteiger partial charge is 0.410 e. The second-order valence-electron chi connectivity index (χ2n) is 10.5. The van der Waals surface area contributed by atoms with Crippen molar-refractivity contribution in [2.24, 2.45) is 10.9 Å². The Morgan fingerprint density at radius 3 is 2.35 bits per heavy atom. The van der Waals surface area contributed by atoms with Gasteiger partial charge in [-0.25, -0.2) is 14.5 Å². The highest BCUT2D eigenvalue weighted by Gasteiger charge is 2.35. The number of aliphatic imine (C=N–C) groups is 1. The molecule has 0 saturated carbocycles. The van der Waals surface area contributed by atoms with E-state index >= 15 is 0 Å². The van der Waals surface area contributed by atoms with Gasteiger partial charge in [0.15, 0.2) is 5.82 Å². The number of carbonyl (C=O) groups excluding carboxylic acids is 1. The SMILES string of the molecule is CC(C)(C)OC(=O)N1CCC(C2CC=Nc3c(C#N)c(-c4ccc(Oc5ccccc5)cc4)nn32)CC1. The summed E-state index contributed by atoms with van der Waals surface area (Å²) in [7, 11) is 0. The molecular formula is C29H31N5O3. The summed E-state index contributed by atoms with van der Waals surface area (Å²) in [6.07, 6.45) is 4.08. The molecule has 1 unspecified atom stereocenters. The fourth-order valence-electron chi connectivity index (χ4n) is 4.92. The first kappa shape index (κ1) is 24.6. The molecule has 0 N–H and O–H groups in total. The average Bonchev–Trinajstić information content (AvgIpc) is 3.28. The van der Waals surface area contributed by atoms with Crippen molar-refractivity contribution >= 4 is 18.1 Å². The van der Waals surface area contributed by atoms with E-state index in [1.807, 2.05) is 86.3 Å². The lowest BCUT2D eigenvalue weighted by molar-refractivity contribution is 0.0161. The van der Waals surface area contributed by atoms with Gasteiger partial charge in [-0.05, 0) is 75.9 Å². The Bertz CT molecular complexity index is 1320. The predicted molar refractivity (Wildman–Crippen MR) is 141 cm³/mol. The second kappa shape index (κ2) is 10.1. The Balaban J connectivity index is 1.33. The minimum atomic E-state index is -0.506. The molecule has 1 saturated heterocycles. The molecule has 190 valence electrons. The summed E-state index contributed by atoms with van der Waals surface area (Å²) in [5.41, 5.74) is 1.43. The van der Waals surface area contributed by atoms with Crippen molar-refractivity contribution in [3.63, 3.8) is 0 Å². The van der Waals surface area contributed by atoms with Crippen LogP contribution in [0.15, 0.2) is 59.6 Å². The van der Waals surface area contributed by atoms with E-state index in [2.05, 4.69) is 11.1 Å². The van der Waals surface area contributed by atoms with Gasteiger partial charge in [0.25, 0.3) is 0 Å². The minimum Gasteiger partial charge on any atom is -0.457 e. The minimum absolute atomic E-state index is 0.0924. The summed E-state index contributed by atoms with van der Waals surface area (Å²) in [5, 5.41) is 14.9. The number of para-hydroxylation sites is 1. The number of aromatic nitrogens is 2. The van der Waals surface area contributed by atoms with Crippen molar-refractivity contribution in [1.29, 1.82) is 5.26 Å². The highest BCUT2D eigenvalue weighted by Crippen LogP contribution is 2.40. The van der Waals surface area contributed by atoms with E-state index in [1.54, 1.807) is 4.90 Å². The number of nitriles is 1. The lowest BCUT2D eigenvalue weighted by Crippen LogP contribution is -2.43. The zero-order valence-corrected chi connectivity index (χ0v) is 21.4. The Labute approximate surface area is 217 Å². The molecule has 2 aromatic carbocycles. The molecule has 1 amide bonds. The zero-order valence-electron chi connectivity index (χ0n) is 21.4. The van der Waals surface area contributed by atoms with Gasteiger partial charge in [0.05, 0.1) is 6.04 Å². The van der Waals surface area contributed by atoms with Crippen molar-refractivity contribution in [3.05, 3.63) is 60.2 Å². The Morgan fingerprint density at radius 1 is 1.03 bits per heavy atom. The van der Waals surface area contributed by atoms with E-state index in [9.17, 15) is 10.1 Å². The molecule has 1 fully saturated rings. The third kappa shape index (κ3) is 5.36. The quantitative estimate of drug-likeness (QED) is 0.410. The number of hydrogen-bond acceptors (Lipinski definition) is 6. The van der Waals surface area contributed by atoms with Gasteiger partial charge >= 0.3 is 6.09 Å². The van der Waals surface area contributed by atoms with Crippen LogP contribution < -0.4 is 4.74 Å². The van der Waals surface area contributed by atoms with Crippen LogP contribution in [-0.4, -0.2) is 45.7 Å². The molecule has 1 atom stereocenters. The van der Waals surface area contributed by atoms with Crippen molar-refractivity contribution in [3.8, 4) is 28.8 Å². The number of ether oxygens (including phenoxy) is 2. The number of fused-ring (bicyclic) bond motifs is 1. The number of amides is 1. The zero-order chi connectivity index (χ0) is 26.0. The molecule has 2 aliphatic rings. The molecule has 0 spiro atoms. The number of carbonyl (C=O) groups is 1. The monoisotopic (exact) mass is 497 g/mol. The highest BCUT2D eigenvalue weighted by atomic mass is 16.6. The van der Waals surface area contributed by atoms with Crippen LogP contribution in [0.1, 0.15) is 51.6 Å². The molecule has 37 heavy (non-hydrogen) atoms. The van der Waals surface area contributed by atoms with Gasteiger partial charge in [-0.2, -0.15) is 10.4 Å². The van der Waals surface area contributed by atoms with Gasteiger partial charge in [-0.1, -0.05) is 18.2 Å². The summed E-state index contributed by atoms with van der Waals surface area (Å²) in [6.45, 7) is 6.93. The van der Waals surface area contributed by atoms with E-state index < -0.39 is 5.60 Å². The van der Waals surface area contributed by atoms with E-state index in [0.29, 0.717) is 41.8 Å². The van der Waals surface area contributed by atoms with E-state index in [-0.39, 0.29) is 12.1 Å². The van der Waals surface area contributed by atoms with Crippen LogP contribution in [0.2, 0.25) is 0 Å². The Hall–Kier alpha value is -4.12. The maximum Gasteiger partial charge on any atom is 0.410 e. The Kier molecular flexibility index (Phi) is 6.70. The molecule has 8 nitrogen and oxygen atoms in total. The lowest BCUT2D eigenvalue weighted by Gasteiger charge is -2.37. The first-order chi connectivity index (χ1) is 17.8. The summed E-state index contributed by atoms with van der Waals surface area (Å²) in [6, 6.07) is 19.6. The van der Waals surface area contributed by atoms with Gasteiger partial charge in [0, 0.05) is 31.3 Å². The molecule has 5 rings (SSSR count). The average molecular weight is 498 g/mol. The topological polar surface area (TPSA) is 92.7 Å². The van der Waals surface area contributed by atoms with Crippen LogP contribution in [0.5, 0.6) is 11.5 Å². The largest absolute Gasteiger partial charge is 0.457 e. The fraction of sp³-hybridized carbons (Fsp3) is 0.379. The van der Waals surface area contributed by atoms with E-state index in [1.165, 1.54) is 0 Å². The highest BCUT2D eigenvalue weighted by molar-refractivity contribution is 5.76. The van der Waals surface area contributed by atoms with Crippen LogP contribution in [0.25, 0.3) is 11.3 Å². The molecule has 0 radical (unpaired) electrons. The fourth-order valence-corrected chi connectivity index (χ4v) is 4.92. The van der Waals surface area contributed by atoms with Crippen LogP contribution in [-0.2, 0) is 4.74 Å². The molecule has 8 heteroatoms. The van der Waals surface area contributed by atoms with Gasteiger partial charge in [0.2, 0.25) is 0 Å². The van der Waals surface area contributed by atoms with Gasteiger partial charge < -0.3 is 14.4 Å². The van der Waals surface area contributed by atoms with Crippen LogP contribution >= 0.6 is 0 Å². The summed E-state index contributed by atoms with van der Waals surface area (Å²) in [4.78, 5) is 18.8. The molecule has 2 aliphatic heterocycles. The molecular weight excluding hydrogens is 466 g/mol. The predicted octanol–water partition coefficient (Wildman–Crippen LogP) is 6.51. The maximum absolute atomic E-state index is 12.5. The number of rotatable bonds is 4. The van der Waals surface area contributed by atoms with Crippen molar-refractivity contribution < 1.29 is 14.3 Å². The standard InChI is InChI=1S/C29H31N5O3/c1-29(2,3)37-28(35)33-17-14-20(15-18-33)25-13-16-31-27-24(19-30)26(32-34(25)27)21-9-11-23(12-10-21)36-22-7-5-4-6-8-22/h4-12,16,20,25H,13-15,17-18H2,1-3H3. The normalized spacial score (nSPS) is 17.7. The summed E-state index contributed by atoms with van der Waals surface area (Å²) >= 11 is 0. The summed E-state index contributed by atoms with van der Waals surface area (Å²) < 4.78 is 13.4. The third-order valence-electron chi connectivity index (χ3n) is 6.71. The van der Waals surface area contributed by atoms with Gasteiger partial charge in [-0.15, -0.1) is 0 Å². The lowest BCUT2D eigenvalue weighted by atomic mass is 9.87. The third-order valence-corrected chi connectivity index (χ3v) is 6.71. The number of likely N-dealkylation sites (tertiary alicyclic amines) is 1. The molecule has 3 aromatic rings. The van der Waals surface area contributed by atoms with E-state index in [0.717, 1.165) is 30.6 Å². The second-order valence-corrected chi connectivity index (χ2v) is 10.5. The van der Waals surface area contributed by atoms with Gasteiger partial charge in [0.1, 0.15) is 34.4 Å². The molecule has 3 heterocycles. The van der Waals surface area contributed by atoms with Crippen LogP contribution in [0.4, 0.5) is 10.6 Å². The van der Waals surface area contributed by atoms with E-state index in [4.69, 9.17) is 14.6 Å². The number of piperidine rings is 1. The van der Waals surface area contributed by atoms with Crippen molar-refractivity contribution in [2.75, 3.05) is 13.1 Å². The molecule has 1 aromatic heterocycles. The molecule has 0 aliphatic carbocycles. The van der Waals surface area contributed by atoms with Gasteiger partial charge in [-0.3, -0.25) is 0 Å². The van der Waals surface area contributed by atoms with Crippen LogP contribution in [0, 0.1) is 17.2 Å². The molecule has 0 bridgehead atoms. The number of benzene rings is 2. The first-order valence-corrected chi connectivity index (χ1v) is 12.7.